The van der Waals surface area contributed by atoms with Gasteiger partial charge in [-0.2, -0.15) is 0 Å². The molecule has 5 heteroatoms. The van der Waals surface area contributed by atoms with Crippen molar-refractivity contribution in [3.63, 3.8) is 0 Å². The first kappa shape index (κ1) is 20.2. The Labute approximate surface area is 155 Å². The van der Waals surface area contributed by atoms with Gasteiger partial charge in [-0.15, -0.1) is 0 Å². The number of rotatable bonds is 11. The van der Waals surface area contributed by atoms with Crippen LogP contribution in [0, 0.1) is 5.82 Å². The molecule has 0 unspecified atom stereocenters. The van der Waals surface area contributed by atoms with E-state index in [4.69, 9.17) is 14.2 Å². The number of hydrogen-bond donors (Lipinski definition) is 1. The highest BCUT2D eigenvalue weighted by Crippen LogP contribution is 2.28. The van der Waals surface area contributed by atoms with Gasteiger partial charge < -0.3 is 19.5 Å². The van der Waals surface area contributed by atoms with Crippen molar-refractivity contribution in [2.75, 3.05) is 20.3 Å². The Morgan fingerprint density at radius 2 is 1.73 bits per heavy atom. The van der Waals surface area contributed by atoms with Crippen molar-refractivity contribution in [2.45, 2.75) is 39.5 Å². The summed E-state index contributed by atoms with van der Waals surface area (Å²) in [6.45, 7) is 6.88. The average Bonchev–Trinajstić information content (AvgIpc) is 2.64. The number of methoxy groups -OCH3 is 1. The van der Waals surface area contributed by atoms with Gasteiger partial charge in [0.15, 0.2) is 11.5 Å². The Morgan fingerprint density at radius 3 is 2.42 bits per heavy atom. The molecule has 1 N–H and O–H groups in total. The van der Waals surface area contributed by atoms with E-state index in [1.807, 2.05) is 32.0 Å². The third-order valence-electron chi connectivity index (χ3n) is 3.81. The lowest BCUT2D eigenvalue weighted by molar-refractivity contribution is 0.0770. The lowest BCUT2D eigenvalue weighted by Gasteiger charge is -2.13. The fourth-order valence-electron chi connectivity index (χ4n) is 2.43. The molecule has 26 heavy (non-hydrogen) atoms. The number of nitrogens with one attached hydrogen (secondary N) is 1. The van der Waals surface area contributed by atoms with Crippen LogP contribution < -0.4 is 14.8 Å². The van der Waals surface area contributed by atoms with Gasteiger partial charge in [0.05, 0.1) is 13.2 Å². The van der Waals surface area contributed by atoms with Crippen LogP contribution in [0.2, 0.25) is 0 Å². The van der Waals surface area contributed by atoms with Gasteiger partial charge in [0.2, 0.25) is 0 Å². The molecule has 0 aromatic heterocycles. The SMILES string of the molecule is COc1cc(CNCCCOC(C)C)ccc1OCc1ccc(F)cc1. The minimum atomic E-state index is -0.251. The van der Waals surface area contributed by atoms with Crippen molar-refractivity contribution in [1.82, 2.24) is 5.32 Å². The molecule has 0 spiro atoms. The molecule has 0 fully saturated rings. The predicted octanol–water partition coefficient (Wildman–Crippen LogP) is 4.32. The fourth-order valence-corrected chi connectivity index (χ4v) is 2.43. The summed E-state index contributed by atoms with van der Waals surface area (Å²) in [6, 6.07) is 12.2. The summed E-state index contributed by atoms with van der Waals surface area (Å²) in [7, 11) is 1.63. The zero-order chi connectivity index (χ0) is 18.8. The molecule has 2 rings (SSSR count). The van der Waals surface area contributed by atoms with Crippen LogP contribution in [0.1, 0.15) is 31.4 Å². The van der Waals surface area contributed by atoms with E-state index >= 15 is 0 Å². The summed E-state index contributed by atoms with van der Waals surface area (Å²) in [5.41, 5.74) is 2.03. The van der Waals surface area contributed by atoms with E-state index in [2.05, 4.69) is 5.32 Å². The molecule has 0 bridgehead atoms. The van der Waals surface area contributed by atoms with E-state index in [0.29, 0.717) is 18.1 Å². The Kier molecular flexibility index (Phi) is 8.38. The summed E-state index contributed by atoms with van der Waals surface area (Å²) in [5.74, 6) is 1.11. The maximum atomic E-state index is 12.9. The molecule has 0 saturated heterocycles. The highest BCUT2D eigenvalue weighted by molar-refractivity contribution is 5.43. The molecule has 142 valence electrons. The second-order valence-electron chi connectivity index (χ2n) is 6.35. The highest BCUT2D eigenvalue weighted by Gasteiger charge is 2.06. The first-order chi connectivity index (χ1) is 12.6. The van der Waals surface area contributed by atoms with Crippen molar-refractivity contribution >= 4 is 0 Å². The summed E-state index contributed by atoms with van der Waals surface area (Å²) >= 11 is 0. The van der Waals surface area contributed by atoms with Crippen molar-refractivity contribution in [1.29, 1.82) is 0 Å². The van der Waals surface area contributed by atoms with Gasteiger partial charge in [-0.1, -0.05) is 18.2 Å². The van der Waals surface area contributed by atoms with Crippen LogP contribution in [0.3, 0.4) is 0 Å². The number of hydrogen-bond acceptors (Lipinski definition) is 4. The van der Waals surface area contributed by atoms with Crippen LogP contribution in [0.15, 0.2) is 42.5 Å². The molecular formula is C21H28FNO3. The maximum Gasteiger partial charge on any atom is 0.161 e. The quantitative estimate of drug-likeness (QED) is 0.605. The third-order valence-corrected chi connectivity index (χ3v) is 3.81. The van der Waals surface area contributed by atoms with Crippen molar-refractivity contribution in [3.8, 4) is 11.5 Å². The molecule has 4 nitrogen and oxygen atoms in total. The summed E-state index contributed by atoms with van der Waals surface area (Å²) < 4.78 is 29.7. The van der Waals surface area contributed by atoms with E-state index in [-0.39, 0.29) is 11.9 Å². The van der Waals surface area contributed by atoms with E-state index in [9.17, 15) is 4.39 Å². The van der Waals surface area contributed by atoms with E-state index in [1.54, 1.807) is 19.2 Å². The lowest BCUT2D eigenvalue weighted by atomic mass is 10.2. The van der Waals surface area contributed by atoms with Gasteiger partial charge >= 0.3 is 0 Å². The maximum absolute atomic E-state index is 12.9. The molecule has 0 aliphatic heterocycles. The smallest absolute Gasteiger partial charge is 0.161 e. The van der Waals surface area contributed by atoms with Crippen molar-refractivity contribution in [3.05, 3.63) is 59.4 Å². The normalized spacial score (nSPS) is 11.0. The van der Waals surface area contributed by atoms with Gasteiger partial charge in [0, 0.05) is 13.2 Å². The second-order valence-corrected chi connectivity index (χ2v) is 6.35. The number of benzene rings is 2. The molecular weight excluding hydrogens is 333 g/mol. The van der Waals surface area contributed by atoms with Gasteiger partial charge in [0.25, 0.3) is 0 Å². The molecule has 0 aliphatic carbocycles. The van der Waals surface area contributed by atoms with Gasteiger partial charge in [-0.05, 0) is 62.2 Å². The fraction of sp³-hybridized carbons (Fsp3) is 0.429. The average molecular weight is 361 g/mol. The standard InChI is InChI=1S/C21H28FNO3/c1-16(2)25-12-4-11-23-14-18-7-10-20(21(13-18)24-3)26-15-17-5-8-19(22)9-6-17/h5-10,13,16,23H,4,11-12,14-15H2,1-3H3. The van der Waals surface area contributed by atoms with Crippen molar-refractivity contribution in [2.24, 2.45) is 0 Å². The number of halogens is 1. The van der Waals surface area contributed by atoms with Crippen LogP contribution in [0.5, 0.6) is 11.5 Å². The van der Waals surface area contributed by atoms with Crippen LogP contribution in [-0.4, -0.2) is 26.4 Å². The molecule has 0 saturated carbocycles. The Bertz CT molecular complexity index is 659. The number of ether oxygens (including phenoxy) is 3. The van der Waals surface area contributed by atoms with E-state index < -0.39 is 0 Å². The van der Waals surface area contributed by atoms with E-state index in [0.717, 1.165) is 37.2 Å². The second kappa shape index (κ2) is 10.8. The first-order valence-corrected chi connectivity index (χ1v) is 8.95. The molecule has 0 amide bonds. The lowest BCUT2D eigenvalue weighted by Crippen LogP contribution is -2.17. The molecule has 0 aliphatic rings. The molecule has 0 heterocycles. The van der Waals surface area contributed by atoms with Crippen LogP contribution >= 0.6 is 0 Å². The topological polar surface area (TPSA) is 39.7 Å². The zero-order valence-corrected chi connectivity index (χ0v) is 15.8. The van der Waals surface area contributed by atoms with Crippen LogP contribution in [0.25, 0.3) is 0 Å². The highest BCUT2D eigenvalue weighted by atomic mass is 19.1. The minimum Gasteiger partial charge on any atom is -0.493 e. The Morgan fingerprint density at radius 1 is 1.00 bits per heavy atom. The summed E-state index contributed by atoms with van der Waals surface area (Å²) in [5, 5.41) is 3.40. The first-order valence-electron chi connectivity index (χ1n) is 8.95. The third kappa shape index (κ3) is 7.02. The monoisotopic (exact) mass is 361 g/mol. The predicted molar refractivity (Wildman–Crippen MR) is 101 cm³/mol. The molecule has 2 aromatic carbocycles. The van der Waals surface area contributed by atoms with Crippen LogP contribution in [-0.2, 0) is 17.9 Å². The summed E-state index contributed by atoms with van der Waals surface area (Å²) in [4.78, 5) is 0. The molecule has 0 atom stereocenters. The minimum absolute atomic E-state index is 0.251. The Hall–Kier alpha value is -2.11. The van der Waals surface area contributed by atoms with Gasteiger partial charge in [-0.3, -0.25) is 0 Å². The zero-order valence-electron chi connectivity index (χ0n) is 15.8. The summed E-state index contributed by atoms with van der Waals surface area (Å²) in [6.07, 6.45) is 1.26. The molecule has 2 aromatic rings. The van der Waals surface area contributed by atoms with Crippen LogP contribution in [0.4, 0.5) is 4.39 Å². The molecule has 0 radical (unpaired) electrons. The largest absolute Gasteiger partial charge is 0.493 e. The van der Waals surface area contributed by atoms with Crippen molar-refractivity contribution < 1.29 is 18.6 Å². The van der Waals surface area contributed by atoms with Gasteiger partial charge in [0.1, 0.15) is 12.4 Å². The van der Waals surface area contributed by atoms with E-state index in [1.165, 1.54) is 12.1 Å². The Balaban J connectivity index is 1.81. The van der Waals surface area contributed by atoms with Gasteiger partial charge in [-0.25, -0.2) is 4.39 Å².